The van der Waals surface area contributed by atoms with Crippen molar-refractivity contribution in [3.63, 3.8) is 0 Å². The maximum atomic E-state index is 5.61. The van der Waals surface area contributed by atoms with Crippen LogP contribution in [0.5, 0.6) is 0 Å². The SMILES string of the molecule is COCCN1CCC2(C1)OCCO2. The number of likely N-dealkylation sites (tertiary alicyclic amines) is 1. The summed E-state index contributed by atoms with van der Waals surface area (Å²) >= 11 is 0. The Hall–Kier alpha value is -0.160. The molecule has 76 valence electrons. The molecule has 2 fully saturated rings. The molecule has 4 nitrogen and oxygen atoms in total. The second-order valence-electron chi connectivity index (χ2n) is 3.63. The lowest BCUT2D eigenvalue weighted by Crippen LogP contribution is -2.35. The molecule has 0 aromatic rings. The van der Waals surface area contributed by atoms with Crippen molar-refractivity contribution in [3.8, 4) is 0 Å². The summed E-state index contributed by atoms with van der Waals surface area (Å²) in [6.07, 6.45) is 0.997. The highest BCUT2D eigenvalue weighted by atomic mass is 16.7. The molecule has 2 aliphatic rings. The molecule has 0 atom stereocenters. The third-order valence-electron chi connectivity index (χ3n) is 2.70. The van der Waals surface area contributed by atoms with E-state index in [1.165, 1.54) is 0 Å². The molecule has 0 amide bonds. The van der Waals surface area contributed by atoms with E-state index >= 15 is 0 Å². The molecule has 2 saturated heterocycles. The minimum Gasteiger partial charge on any atom is -0.383 e. The van der Waals surface area contributed by atoms with Gasteiger partial charge < -0.3 is 14.2 Å². The Morgan fingerprint density at radius 3 is 2.85 bits per heavy atom. The van der Waals surface area contributed by atoms with Gasteiger partial charge in [-0.15, -0.1) is 0 Å². The van der Waals surface area contributed by atoms with E-state index in [1.54, 1.807) is 7.11 Å². The molecule has 4 heteroatoms. The Labute approximate surface area is 78.7 Å². The van der Waals surface area contributed by atoms with Crippen molar-refractivity contribution in [3.05, 3.63) is 0 Å². The minimum absolute atomic E-state index is 0.270. The first-order valence-corrected chi connectivity index (χ1v) is 4.84. The Kier molecular flexibility index (Phi) is 2.83. The van der Waals surface area contributed by atoms with Gasteiger partial charge in [-0.3, -0.25) is 4.90 Å². The van der Waals surface area contributed by atoms with Crippen molar-refractivity contribution in [2.45, 2.75) is 12.2 Å². The molecule has 0 aliphatic carbocycles. The summed E-state index contributed by atoms with van der Waals surface area (Å²) in [5.41, 5.74) is 0. The number of nitrogens with zero attached hydrogens (tertiary/aromatic N) is 1. The lowest BCUT2D eigenvalue weighted by molar-refractivity contribution is -0.145. The highest BCUT2D eigenvalue weighted by Gasteiger charge is 2.42. The van der Waals surface area contributed by atoms with Crippen LogP contribution in [0, 0.1) is 0 Å². The van der Waals surface area contributed by atoms with Crippen molar-refractivity contribution < 1.29 is 14.2 Å². The van der Waals surface area contributed by atoms with Gasteiger partial charge in [0.1, 0.15) is 0 Å². The van der Waals surface area contributed by atoms with Gasteiger partial charge in [-0.05, 0) is 0 Å². The number of hydrogen-bond donors (Lipinski definition) is 0. The smallest absolute Gasteiger partial charge is 0.182 e. The van der Waals surface area contributed by atoms with Crippen molar-refractivity contribution in [1.82, 2.24) is 4.90 Å². The number of hydrogen-bond acceptors (Lipinski definition) is 4. The Balaban J connectivity index is 1.79. The quantitative estimate of drug-likeness (QED) is 0.626. The van der Waals surface area contributed by atoms with Crippen molar-refractivity contribution in [2.75, 3.05) is 46.6 Å². The van der Waals surface area contributed by atoms with Crippen LogP contribution in [0.25, 0.3) is 0 Å². The zero-order valence-corrected chi connectivity index (χ0v) is 8.12. The standard InChI is InChI=1S/C9H17NO3/c1-11-5-4-10-3-2-9(8-10)12-6-7-13-9/h2-8H2,1H3. The molecule has 0 unspecified atom stereocenters. The van der Waals surface area contributed by atoms with E-state index in [9.17, 15) is 0 Å². The van der Waals surface area contributed by atoms with Gasteiger partial charge in [-0.1, -0.05) is 0 Å². The van der Waals surface area contributed by atoms with Crippen molar-refractivity contribution in [2.24, 2.45) is 0 Å². The molecular weight excluding hydrogens is 170 g/mol. The number of methoxy groups -OCH3 is 1. The summed E-state index contributed by atoms with van der Waals surface area (Å²) in [4.78, 5) is 2.33. The van der Waals surface area contributed by atoms with E-state index in [0.717, 1.165) is 45.9 Å². The molecule has 0 N–H and O–H groups in total. The van der Waals surface area contributed by atoms with Gasteiger partial charge in [-0.2, -0.15) is 0 Å². The average molecular weight is 187 g/mol. The summed E-state index contributed by atoms with van der Waals surface area (Å²) < 4.78 is 16.2. The largest absolute Gasteiger partial charge is 0.383 e. The van der Waals surface area contributed by atoms with Gasteiger partial charge in [0, 0.05) is 26.6 Å². The molecule has 2 heterocycles. The van der Waals surface area contributed by atoms with Crippen LogP contribution in [-0.4, -0.2) is 57.3 Å². The van der Waals surface area contributed by atoms with E-state index in [1.807, 2.05) is 0 Å². The summed E-state index contributed by atoms with van der Waals surface area (Å²) in [6.45, 7) is 5.22. The molecular formula is C9H17NO3. The average Bonchev–Trinajstić information content (AvgIpc) is 2.74. The van der Waals surface area contributed by atoms with Crippen LogP contribution in [-0.2, 0) is 14.2 Å². The van der Waals surface area contributed by atoms with E-state index in [2.05, 4.69) is 4.90 Å². The van der Waals surface area contributed by atoms with Crippen LogP contribution in [0.1, 0.15) is 6.42 Å². The first-order valence-electron chi connectivity index (χ1n) is 4.84. The van der Waals surface area contributed by atoms with Crippen LogP contribution in [0.4, 0.5) is 0 Å². The first kappa shape index (κ1) is 9.40. The van der Waals surface area contributed by atoms with Gasteiger partial charge in [-0.25, -0.2) is 0 Å². The summed E-state index contributed by atoms with van der Waals surface area (Å²) in [5.74, 6) is -0.270. The summed E-state index contributed by atoms with van der Waals surface area (Å²) in [5, 5.41) is 0. The molecule has 0 saturated carbocycles. The van der Waals surface area contributed by atoms with Crippen LogP contribution in [0.2, 0.25) is 0 Å². The molecule has 0 aromatic carbocycles. The Morgan fingerprint density at radius 1 is 1.38 bits per heavy atom. The number of ether oxygens (including phenoxy) is 3. The van der Waals surface area contributed by atoms with Crippen LogP contribution >= 0.6 is 0 Å². The summed E-state index contributed by atoms with van der Waals surface area (Å²) in [6, 6.07) is 0. The second kappa shape index (κ2) is 3.92. The Morgan fingerprint density at radius 2 is 2.15 bits per heavy atom. The lowest BCUT2D eigenvalue weighted by atomic mass is 10.2. The third kappa shape index (κ3) is 2.02. The molecule has 0 radical (unpaired) electrons. The second-order valence-corrected chi connectivity index (χ2v) is 3.63. The fourth-order valence-corrected chi connectivity index (χ4v) is 1.97. The van der Waals surface area contributed by atoms with Gasteiger partial charge >= 0.3 is 0 Å². The number of rotatable bonds is 3. The van der Waals surface area contributed by atoms with Crippen molar-refractivity contribution in [1.29, 1.82) is 0 Å². The van der Waals surface area contributed by atoms with Gasteiger partial charge in [0.25, 0.3) is 0 Å². The van der Waals surface area contributed by atoms with Gasteiger partial charge in [0.2, 0.25) is 0 Å². The van der Waals surface area contributed by atoms with Crippen LogP contribution in [0.15, 0.2) is 0 Å². The highest BCUT2D eigenvalue weighted by molar-refractivity contribution is 4.86. The van der Waals surface area contributed by atoms with Crippen LogP contribution < -0.4 is 0 Å². The fourth-order valence-electron chi connectivity index (χ4n) is 1.97. The van der Waals surface area contributed by atoms with E-state index < -0.39 is 0 Å². The van der Waals surface area contributed by atoms with E-state index in [0.29, 0.717) is 0 Å². The predicted molar refractivity (Wildman–Crippen MR) is 47.6 cm³/mol. The zero-order chi connectivity index (χ0) is 9.15. The van der Waals surface area contributed by atoms with Crippen LogP contribution in [0.3, 0.4) is 0 Å². The molecule has 0 bridgehead atoms. The molecule has 1 spiro atoms. The minimum atomic E-state index is -0.270. The molecule has 13 heavy (non-hydrogen) atoms. The highest BCUT2D eigenvalue weighted by Crippen LogP contribution is 2.29. The lowest BCUT2D eigenvalue weighted by Gasteiger charge is -2.22. The molecule has 2 rings (SSSR count). The maximum absolute atomic E-state index is 5.61. The normalized spacial score (nSPS) is 27.5. The zero-order valence-electron chi connectivity index (χ0n) is 8.12. The van der Waals surface area contributed by atoms with E-state index in [-0.39, 0.29) is 5.79 Å². The predicted octanol–water partition coefficient (Wildman–Crippen LogP) is 0.0816. The maximum Gasteiger partial charge on any atom is 0.182 e. The Bertz CT molecular complexity index is 168. The van der Waals surface area contributed by atoms with Crippen molar-refractivity contribution >= 4 is 0 Å². The van der Waals surface area contributed by atoms with Gasteiger partial charge in [0.15, 0.2) is 5.79 Å². The topological polar surface area (TPSA) is 30.9 Å². The molecule has 0 aromatic heterocycles. The fraction of sp³-hybridized carbons (Fsp3) is 1.00. The third-order valence-corrected chi connectivity index (χ3v) is 2.70. The van der Waals surface area contributed by atoms with Gasteiger partial charge in [0.05, 0.1) is 26.4 Å². The monoisotopic (exact) mass is 187 g/mol. The molecule has 2 aliphatic heterocycles. The summed E-state index contributed by atoms with van der Waals surface area (Å²) in [7, 11) is 1.73. The van der Waals surface area contributed by atoms with E-state index in [4.69, 9.17) is 14.2 Å². The first-order chi connectivity index (χ1) is 6.35.